The van der Waals surface area contributed by atoms with Gasteiger partial charge < -0.3 is 10.2 Å². The molecule has 2 aromatic carbocycles. The second-order valence-corrected chi connectivity index (χ2v) is 15.9. The quantitative estimate of drug-likeness (QED) is 0.0952. The molecule has 8 heteroatoms. The van der Waals surface area contributed by atoms with E-state index < -0.39 is 0 Å². The number of unbranched alkanes of at least 4 members (excludes halogenated alkanes) is 2. The first-order valence-electron chi connectivity index (χ1n) is 18.1. The predicted octanol–water partition coefficient (Wildman–Crippen LogP) is 7.66. The summed E-state index contributed by atoms with van der Waals surface area (Å²) in [7, 11) is 0. The molecule has 3 amide bonds. The minimum absolute atomic E-state index is 0.0346. The van der Waals surface area contributed by atoms with Crippen molar-refractivity contribution in [2.45, 2.75) is 96.7 Å². The number of likely N-dealkylation sites (N-methyl/N-ethyl adjacent to an activating group) is 1. The highest BCUT2D eigenvalue weighted by Crippen LogP contribution is 2.48. The van der Waals surface area contributed by atoms with Gasteiger partial charge in [0.05, 0.1) is 10.7 Å². The highest BCUT2D eigenvalue weighted by atomic mass is 32.2. The number of allylic oxidation sites excluding steroid dienone is 6. The van der Waals surface area contributed by atoms with Crippen LogP contribution in [-0.2, 0) is 25.2 Å². The van der Waals surface area contributed by atoms with Crippen molar-refractivity contribution >= 4 is 46.6 Å². The zero-order chi connectivity index (χ0) is 36.2. The molecule has 1 saturated heterocycles. The van der Waals surface area contributed by atoms with Crippen LogP contribution in [0.1, 0.15) is 89.0 Å². The lowest BCUT2D eigenvalue weighted by Crippen LogP contribution is -2.38. The molecule has 0 aliphatic carbocycles. The van der Waals surface area contributed by atoms with Crippen LogP contribution in [0.15, 0.2) is 72.5 Å². The van der Waals surface area contributed by atoms with Crippen LogP contribution in [-0.4, -0.2) is 70.6 Å². The van der Waals surface area contributed by atoms with E-state index in [1.54, 1.807) is 0 Å². The molecule has 1 unspecified atom stereocenters. The maximum atomic E-state index is 12.5. The van der Waals surface area contributed by atoms with Crippen molar-refractivity contribution in [2.24, 2.45) is 0 Å². The average molecular weight is 696 g/mol. The molecule has 0 radical (unpaired) electrons. The molecule has 0 spiro atoms. The molecular formula is C42H55N4O3S+. The average Bonchev–Trinajstić information content (AvgIpc) is 3.56. The number of hydrogen-bond acceptors (Lipinski definition) is 5. The van der Waals surface area contributed by atoms with Crippen LogP contribution in [0.25, 0.3) is 0 Å². The van der Waals surface area contributed by atoms with Gasteiger partial charge in [-0.3, -0.25) is 19.3 Å². The first-order chi connectivity index (χ1) is 23.8. The van der Waals surface area contributed by atoms with E-state index in [9.17, 15) is 14.4 Å². The van der Waals surface area contributed by atoms with E-state index in [0.29, 0.717) is 13.0 Å². The number of carbonyl (C=O) groups is 3. The van der Waals surface area contributed by atoms with E-state index >= 15 is 0 Å². The molecule has 0 saturated carbocycles. The van der Waals surface area contributed by atoms with Crippen molar-refractivity contribution in [1.29, 1.82) is 0 Å². The maximum absolute atomic E-state index is 12.5. The lowest BCUT2D eigenvalue weighted by molar-refractivity contribution is -0.438. The van der Waals surface area contributed by atoms with Gasteiger partial charge in [0.1, 0.15) is 6.54 Å². The van der Waals surface area contributed by atoms with E-state index in [0.717, 1.165) is 32.4 Å². The SMILES string of the molecule is CCN1C(=CC=CC=CC2=[N+](CCCCCC(=O)NCCN3C(=O)CC(SC)C3=O)c3ccc(C)cc3C2(C)C)C(C)(C)c2cc(C)ccc21. The Bertz CT molecular complexity index is 1770. The molecule has 50 heavy (non-hydrogen) atoms. The van der Waals surface area contributed by atoms with Gasteiger partial charge in [0.2, 0.25) is 23.4 Å². The number of nitrogens with zero attached hydrogens (tertiary/aromatic N) is 3. The highest BCUT2D eigenvalue weighted by molar-refractivity contribution is 8.00. The Hall–Kier alpha value is -3.91. The van der Waals surface area contributed by atoms with Crippen molar-refractivity contribution < 1.29 is 19.0 Å². The number of amides is 3. The van der Waals surface area contributed by atoms with Crippen molar-refractivity contribution in [2.75, 3.05) is 37.3 Å². The summed E-state index contributed by atoms with van der Waals surface area (Å²) in [5.41, 5.74) is 10.3. The maximum Gasteiger partial charge on any atom is 0.242 e. The molecule has 1 fully saturated rings. The Morgan fingerprint density at radius 3 is 2.36 bits per heavy atom. The van der Waals surface area contributed by atoms with Crippen LogP contribution in [0.4, 0.5) is 11.4 Å². The normalized spacial score (nSPS) is 20.2. The standard InChI is InChI=1S/C42H54N4O3S/c1-9-44-33-21-19-29(2)26-31(33)41(4,5)36(44)16-12-10-13-17-37-42(6,7)32-27-30(3)20-22-34(32)45(37)24-15-11-14-18-38(47)43-23-25-46-39(48)28-35(50-8)40(46)49/h10,12-13,16-17,19-22,26-27,35H,9,11,14-15,18,23-25,28H2,1-8H3/p+1. The molecule has 3 aliphatic rings. The number of nitrogens with one attached hydrogen (secondary N) is 1. The second kappa shape index (κ2) is 15.5. The predicted molar refractivity (Wildman–Crippen MR) is 208 cm³/mol. The molecule has 0 aromatic heterocycles. The zero-order valence-electron chi connectivity index (χ0n) is 31.3. The minimum atomic E-state index is -0.289. The highest BCUT2D eigenvalue weighted by Gasteiger charge is 2.44. The van der Waals surface area contributed by atoms with Crippen molar-refractivity contribution in [3.63, 3.8) is 0 Å². The Kier molecular flexibility index (Phi) is 11.6. The molecule has 266 valence electrons. The van der Waals surface area contributed by atoms with E-state index in [1.165, 1.54) is 61.7 Å². The fraction of sp³-hybridized carbons (Fsp3) is 0.476. The summed E-state index contributed by atoms with van der Waals surface area (Å²) in [6, 6.07) is 13.5. The summed E-state index contributed by atoms with van der Waals surface area (Å²) in [6.45, 7) is 18.1. The second-order valence-electron chi connectivity index (χ2n) is 14.8. The Labute approximate surface area is 303 Å². The first kappa shape index (κ1) is 37.3. The lowest BCUT2D eigenvalue weighted by Gasteiger charge is -2.25. The minimum Gasteiger partial charge on any atom is -0.354 e. The smallest absolute Gasteiger partial charge is 0.242 e. The zero-order valence-corrected chi connectivity index (χ0v) is 32.1. The third-order valence-corrected chi connectivity index (χ3v) is 11.5. The molecule has 7 nitrogen and oxygen atoms in total. The van der Waals surface area contributed by atoms with E-state index in [-0.39, 0.29) is 46.8 Å². The van der Waals surface area contributed by atoms with E-state index in [1.807, 2.05) is 6.26 Å². The van der Waals surface area contributed by atoms with Gasteiger partial charge in [-0.05, 0) is 77.5 Å². The number of fused-ring (bicyclic) bond motifs is 2. The summed E-state index contributed by atoms with van der Waals surface area (Å²) in [5, 5.41) is 2.60. The number of benzene rings is 2. The van der Waals surface area contributed by atoms with Crippen molar-refractivity contribution in [3.8, 4) is 0 Å². The lowest BCUT2D eigenvalue weighted by atomic mass is 9.81. The topological polar surface area (TPSA) is 72.7 Å². The summed E-state index contributed by atoms with van der Waals surface area (Å²) in [6.07, 6.45) is 16.2. The van der Waals surface area contributed by atoms with Gasteiger partial charge in [0, 0.05) is 73.4 Å². The van der Waals surface area contributed by atoms with Crippen LogP contribution in [0, 0.1) is 13.8 Å². The van der Waals surface area contributed by atoms with Gasteiger partial charge in [0.15, 0.2) is 5.71 Å². The molecule has 2 aromatic rings. The van der Waals surface area contributed by atoms with Crippen molar-refractivity contribution in [3.05, 3.63) is 94.7 Å². The number of rotatable bonds is 14. The Balaban J connectivity index is 1.20. The van der Waals surface area contributed by atoms with Gasteiger partial charge in [-0.2, -0.15) is 16.3 Å². The van der Waals surface area contributed by atoms with Gasteiger partial charge in [-0.1, -0.05) is 61.4 Å². The number of aryl methyl sites for hydroxylation is 2. The monoisotopic (exact) mass is 695 g/mol. The number of carbonyl (C=O) groups excluding carboxylic acids is 3. The number of imide groups is 1. The van der Waals surface area contributed by atoms with Crippen LogP contribution in [0.3, 0.4) is 0 Å². The van der Waals surface area contributed by atoms with Gasteiger partial charge in [0.25, 0.3) is 0 Å². The molecule has 3 aliphatic heterocycles. The molecule has 0 bridgehead atoms. The third-order valence-electron chi connectivity index (χ3n) is 10.6. The van der Waals surface area contributed by atoms with Crippen LogP contribution in [0.2, 0.25) is 0 Å². The van der Waals surface area contributed by atoms with Crippen molar-refractivity contribution in [1.82, 2.24) is 10.2 Å². The molecule has 1 N–H and O–H groups in total. The summed E-state index contributed by atoms with van der Waals surface area (Å²) in [5.74, 6) is -0.328. The van der Waals surface area contributed by atoms with Crippen LogP contribution < -0.4 is 10.2 Å². The van der Waals surface area contributed by atoms with E-state index in [2.05, 4.69) is 130 Å². The molecule has 3 heterocycles. The summed E-state index contributed by atoms with van der Waals surface area (Å²) >= 11 is 1.40. The van der Waals surface area contributed by atoms with Crippen LogP contribution in [0.5, 0.6) is 0 Å². The van der Waals surface area contributed by atoms with Gasteiger partial charge in [-0.25, -0.2) is 0 Å². The third kappa shape index (κ3) is 7.56. The fourth-order valence-corrected chi connectivity index (χ4v) is 8.36. The number of hydrogen-bond donors (Lipinski definition) is 1. The largest absolute Gasteiger partial charge is 0.354 e. The molecule has 5 rings (SSSR count). The number of likely N-dealkylation sites (tertiary alicyclic amines) is 1. The van der Waals surface area contributed by atoms with Gasteiger partial charge in [-0.15, -0.1) is 0 Å². The van der Waals surface area contributed by atoms with E-state index in [4.69, 9.17) is 0 Å². The van der Waals surface area contributed by atoms with Crippen LogP contribution >= 0.6 is 11.8 Å². The molecule has 1 atom stereocenters. The Morgan fingerprint density at radius 2 is 1.66 bits per heavy atom. The first-order valence-corrected chi connectivity index (χ1v) is 19.4. The summed E-state index contributed by atoms with van der Waals surface area (Å²) < 4.78 is 2.46. The fourth-order valence-electron chi connectivity index (χ4n) is 7.72. The number of thioether (sulfide) groups is 1. The van der Waals surface area contributed by atoms with Gasteiger partial charge >= 0.3 is 0 Å². The molecular weight excluding hydrogens is 641 g/mol. The summed E-state index contributed by atoms with van der Waals surface area (Å²) in [4.78, 5) is 40.7. The Morgan fingerprint density at radius 1 is 0.940 bits per heavy atom. The number of anilines is 1.